The molecule has 37 heavy (non-hydrogen) atoms. The Hall–Kier alpha value is -2.18. The topological polar surface area (TPSA) is 67.8 Å². The fraction of sp³-hybridized carbons (Fsp3) is 0.581. The lowest BCUT2D eigenvalue weighted by atomic mass is 9.86. The highest BCUT2D eigenvalue weighted by Crippen LogP contribution is 2.42. The van der Waals surface area contributed by atoms with Crippen molar-refractivity contribution in [1.29, 1.82) is 0 Å². The van der Waals surface area contributed by atoms with Crippen LogP contribution in [0.5, 0.6) is 5.75 Å². The van der Waals surface area contributed by atoms with Crippen molar-refractivity contribution in [3.8, 4) is 16.9 Å². The van der Waals surface area contributed by atoms with Crippen LogP contribution in [0.2, 0.25) is 0 Å². The minimum Gasteiger partial charge on any atom is -0.493 e. The van der Waals surface area contributed by atoms with Crippen LogP contribution in [0.4, 0.5) is 5.69 Å². The summed E-state index contributed by atoms with van der Waals surface area (Å²) in [5.74, 6) is 0.963. The van der Waals surface area contributed by atoms with E-state index in [2.05, 4.69) is 30.7 Å². The van der Waals surface area contributed by atoms with Crippen molar-refractivity contribution >= 4 is 23.6 Å². The van der Waals surface area contributed by atoms with E-state index in [-0.39, 0.29) is 0 Å². The summed E-state index contributed by atoms with van der Waals surface area (Å²) in [5, 5.41) is 10.3. The van der Waals surface area contributed by atoms with Crippen LogP contribution >= 0.6 is 11.9 Å². The summed E-state index contributed by atoms with van der Waals surface area (Å²) in [5.41, 5.74) is 6.12. The fourth-order valence-corrected chi connectivity index (χ4v) is 5.41. The maximum Gasteiger partial charge on any atom is 0.337 e. The van der Waals surface area contributed by atoms with Gasteiger partial charge in [-0.05, 0) is 99.9 Å². The van der Waals surface area contributed by atoms with Gasteiger partial charge in [0, 0.05) is 17.0 Å². The summed E-state index contributed by atoms with van der Waals surface area (Å²) >= 11 is 1.69. The molecule has 0 amide bonds. The lowest BCUT2D eigenvalue weighted by molar-refractivity contribution is -0.160. The number of aliphatic carboxylic acids is 1. The van der Waals surface area contributed by atoms with Gasteiger partial charge in [0.15, 0.2) is 6.10 Å². The van der Waals surface area contributed by atoms with E-state index in [1.165, 1.54) is 24.8 Å². The number of benzene rings is 2. The molecular formula is C31H47NO4S. The molecule has 0 saturated carbocycles. The second-order valence-electron chi connectivity index (χ2n) is 10.4. The molecule has 5 nitrogen and oxygen atoms in total. The van der Waals surface area contributed by atoms with E-state index in [4.69, 9.17) is 9.47 Å². The quantitative estimate of drug-likeness (QED) is 0.224. The fourth-order valence-electron chi connectivity index (χ4n) is 4.59. The Kier molecular flexibility index (Phi) is 12.3. The number of carboxylic acid groups (broad SMARTS) is 1. The Balaban J connectivity index is 0.00000235. The third kappa shape index (κ3) is 8.68. The molecule has 206 valence electrons. The van der Waals surface area contributed by atoms with E-state index in [9.17, 15) is 9.90 Å². The highest BCUT2D eigenvalue weighted by molar-refractivity contribution is 8.00. The lowest BCUT2D eigenvalue weighted by Gasteiger charge is -2.30. The van der Waals surface area contributed by atoms with E-state index < -0.39 is 17.7 Å². The Morgan fingerprint density at radius 3 is 2.54 bits per heavy atom. The molecule has 0 fully saturated rings. The third-order valence-corrected chi connectivity index (χ3v) is 7.13. The monoisotopic (exact) mass is 529 g/mol. The average Bonchev–Trinajstić information content (AvgIpc) is 2.86. The highest BCUT2D eigenvalue weighted by atomic mass is 32.2. The zero-order valence-electron chi connectivity index (χ0n) is 24.1. The van der Waals surface area contributed by atoms with Crippen LogP contribution < -0.4 is 9.46 Å². The Morgan fingerprint density at radius 2 is 1.89 bits per heavy atom. The maximum absolute atomic E-state index is 12.6. The molecule has 0 radical (unpaired) electrons. The molecule has 0 aromatic heterocycles. The summed E-state index contributed by atoms with van der Waals surface area (Å²) in [4.78, 5) is 12.6. The number of rotatable bonds is 11. The van der Waals surface area contributed by atoms with Gasteiger partial charge >= 0.3 is 5.97 Å². The minimum atomic E-state index is -1.08. The van der Waals surface area contributed by atoms with Crippen molar-refractivity contribution in [3.63, 3.8) is 0 Å². The predicted molar refractivity (Wildman–Crippen MR) is 158 cm³/mol. The molecule has 2 aromatic carbocycles. The molecule has 2 aromatic rings. The van der Waals surface area contributed by atoms with E-state index in [1.54, 1.807) is 11.9 Å². The lowest BCUT2D eigenvalue weighted by Crippen LogP contribution is -2.28. The number of carbonyl (C=O) groups is 1. The molecule has 0 saturated heterocycles. The number of ether oxygens (including phenoxy) is 2. The van der Waals surface area contributed by atoms with E-state index >= 15 is 0 Å². The van der Waals surface area contributed by atoms with Crippen molar-refractivity contribution in [2.24, 2.45) is 0 Å². The molecule has 3 rings (SSSR count). The van der Waals surface area contributed by atoms with Gasteiger partial charge in [0.2, 0.25) is 0 Å². The highest BCUT2D eigenvalue weighted by Gasteiger charge is 2.32. The Bertz CT molecular complexity index is 1030. The minimum absolute atomic E-state index is 0.609. The number of aryl methyl sites for hydroxylation is 2. The summed E-state index contributed by atoms with van der Waals surface area (Å²) in [6.07, 6.45) is 5.75. The first kappa shape index (κ1) is 31.0. The third-order valence-electron chi connectivity index (χ3n) is 6.27. The van der Waals surface area contributed by atoms with E-state index in [0.717, 1.165) is 70.9 Å². The van der Waals surface area contributed by atoms with Crippen molar-refractivity contribution in [2.75, 3.05) is 17.1 Å². The molecule has 0 spiro atoms. The van der Waals surface area contributed by atoms with Gasteiger partial charge in [-0.2, -0.15) is 0 Å². The molecular weight excluding hydrogens is 482 g/mol. The van der Waals surface area contributed by atoms with Gasteiger partial charge in [-0.3, -0.25) is 0 Å². The van der Waals surface area contributed by atoms with Crippen LogP contribution in [-0.2, 0) is 16.0 Å². The van der Waals surface area contributed by atoms with Crippen molar-refractivity contribution in [1.82, 2.24) is 0 Å². The number of hydrogen-bond acceptors (Lipinski definition) is 5. The van der Waals surface area contributed by atoms with Crippen LogP contribution in [-0.4, -0.2) is 29.0 Å². The van der Waals surface area contributed by atoms with Crippen LogP contribution in [0.1, 0.15) is 102 Å². The van der Waals surface area contributed by atoms with Crippen molar-refractivity contribution in [3.05, 3.63) is 46.5 Å². The second-order valence-corrected chi connectivity index (χ2v) is 11.3. The first-order chi connectivity index (χ1) is 17.6. The van der Waals surface area contributed by atoms with Gasteiger partial charge < -0.3 is 19.3 Å². The van der Waals surface area contributed by atoms with Gasteiger partial charge in [0.25, 0.3) is 0 Å². The summed E-state index contributed by atoms with van der Waals surface area (Å²) in [7, 11) is 0. The molecule has 2 N–H and O–H groups in total. The number of fused-ring (bicyclic) bond motifs is 1. The number of nitrogens with one attached hydrogen (secondary N) is 1. The summed E-state index contributed by atoms with van der Waals surface area (Å²) in [6.45, 7) is 16.7. The molecule has 1 unspecified atom stereocenters. The average molecular weight is 530 g/mol. The van der Waals surface area contributed by atoms with E-state index in [1.807, 2.05) is 53.7 Å². The maximum atomic E-state index is 12.6. The molecule has 0 aliphatic carbocycles. The largest absolute Gasteiger partial charge is 0.493 e. The summed E-state index contributed by atoms with van der Waals surface area (Å²) < 4.78 is 15.5. The number of hydrogen-bond donors (Lipinski definition) is 2. The zero-order chi connectivity index (χ0) is 27.6. The van der Waals surface area contributed by atoms with Crippen LogP contribution in [0, 0.1) is 13.8 Å². The van der Waals surface area contributed by atoms with Gasteiger partial charge in [-0.1, -0.05) is 58.0 Å². The standard InChI is InChI=1S/C29H41NO4S.C2H6/c1-7-8-9-10-16-35-30-23-17-19(2)25(22-13-14-24-21(18-22)12-11-15-33-24)26(20(23)3)27(28(31)32)34-29(4,5)6;1-2/h13-14,17-18,27,30H,7-12,15-16H2,1-6H3,(H,31,32);1-2H3. The van der Waals surface area contributed by atoms with Crippen molar-refractivity contribution < 1.29 is 19.4 Å². The van der Waals surface area contributed by atoms with Crippen LogP contribution in [0.25, 0.3) is 11.1 Å². The van der Waals surface area contributed by atoms with Gasteiger partial charge in [0.1, 0.15) is 5.75 Å². The van der Waals surface area contributed by atoms with Gasteiger partial charge in [0.05, 0.1) is 12.2 Å². The first-order valence-corrected chi connectivity index (χ1v) is 14.8. The first-order valence-electron chi connectivity index (χ1n) is 13.8. The normalized spacial score (nSPS) is 13.6. The molecule has 1 atom stereocenters. The number of anilines is 1. The predicted octanol–water partition coefficient (Wildman–Crippen LogP) is 8.90. The zero-order valence-corrected chi connectivity index (χ0v) is 24.9. The Labute approximate surface area is 228 Å². The summed E-state index contributed by atoms with van der Waals surface area (Å²) in [6, 6.07) is 8.35. The SMILES string of the molecule is CC.CCCCCCSNc1cc(C)c(-c2ccc3c(c2)CCCO3)c(C(OC(C)(C)C)C(=O)O)c1C. The van der Waals surface area contributed by atoms with Gasteiger partial charge in [-0.25, -0.2) is 4.79 Å². The van der Waals surface area contributed by atoms with Crippen LogP contribution in [0.15, 0.2) is 24.3 Å². The smallest absolute Gasteiger partial charge is 0.337 e. The second kappa shape index (κ2) is 14.7. The van der Waals surface area contributed by atoms with E-state index in [0.29, 0.717) is 0 Å². The van der Waals surface area contributed by atoms with Crippen LogP contribution in [0.3, 0.4) is 0 Å². The molecule has 1 aliphatic rings. The molecule has 1 heterocycles. The number of unbranched alkanes of at least 4 members (excludes halogenated alkanes) is 3. The van der Waals surface area contributed by atoms with Crippen molar-refractivity contribution in [2.45, 2.75) is 106 Å². The Morgan fingerprint density at radius 1 is 1.16 bits per heavy atom. The molecule has 6 heteroatoms. The molecule has 0 bridgehead atoms. The van der Waals surface area contributed by atoms with Gasteiger partial charge in [-0.15, -0.1) is 0 Å². The number of carboxylic acids is 1. The molecule has 1 aliphatic heterocycles.